The maximum atomic E-state index is 12.7. The minimum absolute atomic E-state index is 0.0445. The van der Waals surface area contributed by atoms with Gasteiger partial charge in [0.05, 0.1) is 0 Å². The third-order valence-electron chi connectivity index (χ3n) is 4.12. The number of benzene rings is 1. The molecule has 0 radical (unpaired) electrons. The Labute approximate surface area is 208 Å². The molecular formula is C20H19Br2Cl2N3O2Se. The second kappa shape index (κ2) is 11.7. The van der Waals surface area contributed by atoms with Crippen molar-refractivity contribution in [2.24, 2.45) is 10.7 Å². The van der Waals surface area contributed by atoms with Gasteiger partial charge in [-0.25, -0.2) is 0 Å². The SMILES string of the molecule is CCN(CC)C(=O)CC(=O)/C(N)=C(\Br)C(=Nc1ccc(Cl)cc1Cl)c1ccc(Br)[se]1. The average Bonchev–Trinajstić information content (AvgIpc) is 3.13. The Hall–Kier alpha value is -0.891. The van der Waals surface area contributed by atoms with Crippen molar-refractivity contribution in [2.75, 3.05) is 13.1 Å². The standard InChI is InChI=1S/C20H19Br2Cl2N3O2Se/c1-3-27(4-2)17(29)10-14(28)19(25)18(22)20(15-7-8-16(21)30-15)26-13-6-5-11(23)9-12(13)24/h5-9H,3-4,10,25H2,1-2H3/b19-18+,26-20?. The number of carbonyl (C=O) groups is 2. The summed E-state index contributed by atoms with van der Waals surface area (Å²) < 4.78 is 2.26. The summed E-state index contributed by atoms with van der Waals surface area (Å²) in [5, 5.41) is 0.869. The average molecular weight is 643 g/mol. The molecule has 160 valence electrons. The number of carbonyl (C=O) groups excluding carboxylic acids is 2. The molecule has 0 bridgehead atoms. The number of nitrogens with two attached hydrogens (primary N) is 1. The van der Waals surface area contributed by atoms with E-state index in [0.717, 1.165) is 7.78 Å². The van der Waals surface area contributed by atoms with Crippen LogP contribution in [0, 0.1) is 0 Å². The monoisotopic (exact) mass is 641 g/mol. The summed E-state index contributed by atoms with van der Waals surface area (Å²) in [6.07, 6.45) is -0.302. The van der Waals surface area contributed by atoms with E-state index in [9.17, 15) is 9.59 Å². The van der Waals surface area contributed by atoms with Crippen LogP contribution in [0.25, 0.3) is 0 Å². The van der Waals surface area contributed by atoms with Gasteiger partial charge < -0.3 is 0 Å². The molecule has 0 aliphatic rings. The van der Waals surface area contributed by atoms with Crippen LogP contribution >= 0.6 is 55.1 Å². The van der Waals surface area contributed by atoms with Crippen LogP contribution in [-0.4, -0.2) is 49.9 Å². The molecule has 2 aromatic rings. The number of ketones is 1. The molecule has 0 saturated heterocycles. The van der Waals surface area contributed by atoms with E-state index in [2.05, 4.69) is 36.9 Å². The van der Waals surface area contributed by atoms with Gasteiger partial charge in [0.15, 0.2) is 0 Å². The van der Waals surface area contributed by atoms with E-state index in [4.69, 9.17) is 28.9 Å². The van der Waals surface area contributed by atoms with Crippen molar-refractivity contribution >= 4 is 92.7 Å². The van der Waals surface area contributed by atoms with Crippen LogP contribution in [0.2, 0.25) is 10.0 Å². The fourth-order valence-corrected chi connectivity index (χ4v) is 6.35. The topological polar surface area (TPSA) is 75.8 Å². The molecule has 1 heterocycles. The summed E-state index contributed by atoms with van der Waals surface area (Å²) in [7, 11) is 0. The quantitative estimate of drug-likeness (QED) is 0.183. The molecule has 0 atom stereocenters. The number of Topliss-reactive ketones (excluding diaryl/α,β-unsaturated/α-hetero) is 1. The Morgan fingerprint density at radius 2 is 1.83 bits per heavy atom. The number of nitrogens with zero attached hydrogens (tertiary/aromatic N) is 2. The number of amides is 1. The molecule has 2 rings (SSSR count). The van der Waals surface area contributed by atoms with E-state index < -0.39 is 5.78 Å². The predicted octanol–water partition coefficient (Wildman–Crippen LogP) is 5.33. The van der Waals surface area contributed by atoms with Crippen LogP contribution in [0.15, 0.2) is 48.9 Å². The van der Waals surface area contributed by atoms with Gasteiger partial charge in [-0.15, -0.1) is 0 Å². The Balaban J connectivity index is 2.48. The molecule has 1 aromatic heterocycles. The Morgan fingerprint density at radius 1 is 1.17 bits per heavy atom. The zero-order valence-electron chi connectivity index (χ0n) is 16.2. The fourth-order valence-electron chi connectivity index (χ4n) is 2.52. The van der Waals surface area contributed by atoms with E-state index in [1.54, 1.807) is 23.1 Å². The second-order valence-electron chi connectivity index (χ2n) is 6.05. The van der Waals surface area contributed by atoms with Crippen molar-refractivity contribution in [3.63, 3.8) is 0 Å². The van der Waals surface area contributed by atoms with Crippen molar-refractivity contribution in [3.8, 4) is 0 Å². The molecule has 0 fully saturated rings. The van der Waals surface area contributed by atoms with Crippen LogP contribution in [0.4, 0.5) is 5.69 Å². The zero-order valence-corrected chi connectivity index (χ0v) is 22.6. The first kappa shape index (κ1) is 25.4. The molecule has 0 saturated carbocycles. The number of allylic oxidation sites excluding steroid dienone is 2. The number of hydrogen-bond donors (Lipinski definition) is 1. The van der Waals surface area contributed by atoms with Gasteiger partial charge in [0.25, 0.3) is 0 Å². The summed E-state index contributed by atoms with van der Waals surface area (Å²) in [5.41, 5.74) is 7.07. The summed E-state index contributed by atoms with van der Waals surface area (Å²) in [5.74, 6) is -0.729. The number of hydrogen-bond acceptors (Lipinski definition) is 4. The van der Waals surface area contributed by atoms with Gasteiger partial charge in [-0.1, -0.05) is 0 Å². The van der Waals surface area contributed by atoms with Crippen LogP contribution < -0.4 is 5.73 Å². The molecule has 30 heavy (non-hydrogen) atoms. The van der Waals surface area contributed by atoms with Crippen molar-refractivity contribution in [1.29, 1.82) is 0 Å². The van der Waals surface area contributed by atoms with Crippen LogP contribution in [-0.2, 0) is 9.59 Å². The van der Waals surface area contributed by atoms with Gasteiger partial charge in [-0.3, -0.25) is 0 Å². The van der Waals surface area contributed by atoms with Gasteiger partial charge in [-0.2, -0.15) is 0 Å². The molecule has 0 aliphatic heterocycles. The minimum atomic E-state index is -0.466. The van der Waals surface area contributed by atoms with Gasteiger partial charge in [0, 0.05) is 0 Å². The van der Waals surface area contributed by atoms with E-state index in [1.807, 2.05) is 26.0 Å². The van der Waals surface area contributed by atoms with E-state index in [0.29, 0.717) is 39.0 Å². The van der Waals surface area contributed by atoms with Crippen molar-refractivity contribution < 1.29 is 9.59 Å². The first-order valence-corrected chi connectivity index (χ1v) is 13.0. The summed E-state index contributed by atoms with van der Waals surface area (Å²) in [6, 6.07) is 8.80. The molecule has 0 unspecified atom stereocenters. The maximum absolute atomic E-state index is 12.7. The Morgan fingerprint density at radius 3 is 2.37 bits per heavy atom. The molecule has 1 amide bonds. The molecule has 1 aromatic carbocycles. The Kier molecular flexibility index (Phi) is 9.85. The van der Waals surface area contributed by atoms with Gasteiger partial charge >= 0.3 is 210 Å². The molecule has 2 N–H and O–H groups in total. The predicted molar refractivity (Wildman–Crippen MR) is 131 cm³/mol. The van der Waals surface area contributed by atoms with Crippen LogP contribution in [0.1, 0.15) is 24.7 Å². The number of halogens is 4. The van der Waals surface area contributed by atoms with E-state index in [1.165, 1.54) is 0 Å². The van der Waals surface area contributed by atoms with E-state index >= 15 is 0 Å². The first-order chi connectivity index (χ1) is 14.2. The normalized spacial score (nSPS) is 12.5. The summed E-state index contributed by atoms with van der Waals surface area (Å²) in [4.78, 5) is 31.2. The number of aliphatic imine (C=N–C) groups is 1. The third-order valence-corrected chi connectivity index (χ3v) is 8.41. The second-order valence-corrected chi connectivity index (χ2v) is 12.0. The van der Waals surface area contributed by atoms with Crippen LogP contribution in [0.3, 0.4) is 0 Å². The Bertz CT molecular complexity index is 1020. The third kappa shape index (κ3) is 6.55. The fraction of sp³-hybridized carbons (Fsp3) is 0.250. The molecule has 0 aliphatic carbocycles. The zero-order chi connectivity index (χ0) is 22.4. The summed E-state index contributed by atoms with van der Waals surface area (Å²) >= 11 is 19.1. The molecule has 0 spiro atoms. The van der Waals surface area contributed by atoms with Gasteiger partial charge in [0.2, 0.25) is 0 Å². The molecule has 10 heteroatoms. The first-order valence-electron chi connectivity index (χ1n) is 8.93. The summed E-state index contributed by atoms with van der Waals surface area (Å²) in [6.45, 7) is 4.79. The number of rotatable bonds is 8. The molecule has 5 nitrogen and oxygen atoms in total. The van der Waals surface area contributed by atoms with Crippen LogP contribution in [0.5, 0.6) is 0 Å². The van der Waals surface area contributed by atoms with E-state index in [-0.39, 0.29) is 32.5 Å². The van der Waals surface area contributed by atoms with Crippen molar-refractivity contribution in [2.45, 2.75) is 20.3 Å². The van der Waals surface area contributed by atoms with Crippen molar-refractivity contribution in [3.05, 3.63) is 58.3 Å². The van der Waals surface area contributed by atoms with Crippen molar-refractivity contribution in [1.82, 2.24) is 4.90 Å². The molecular weight excluding hydrogens is 624 g/mol. The van der Waals surface area contributed by atoms with Gasteiger partial charge in [0.1, 0.15) is 0 Å². The van der Waals surface area contributed by atoms with Gasteiger partial charge in [-0.05, 0) is 0 Å².